The van der Waals surface area contributed by atoms with E-state index in [1.807, 2.05) is 24.3 Å². The van der Waals surface area contributed by atoms with Gasteiger partial charge in [-0.1, -0.05) is 15.9 Å². The Labute approximate surface area is 120 Å². The van der Waals surface area contributed by atoms with Crippen molar-refractivity contribution in [2.75, 3.05) is 19.0 Å². The molecule has 1 N–H and O–H groups in total. The summed E-state index contributed by atoms with van der Waals surface area (Å²) in [7, 11) is 1.35. The van der Waals surface area contributed by atoms with Crippen LogP contribution in [0.25, 0.3) is 0 Å². The Morgan fingerprint density at radius 3 is 2.63 bits per heavy atom. The van der Waals surface area contributed by atoms with Crippen molar-refractivity contribution in [3.05, 3.63) is 28.7 Å². The lowest BCUT2D eigenvalue weighted by molar-refractivity contribution is -0.144. The fourth-order valence-corrected chi connectivity index (χ4v) is 2.14. The molecule has 0 bridgehead atoms. The summed E-state index contributed by atoms with van der Waals surface area (Å²) in [6.07, 6.45) is 0. The van der Waals surface area contributed by atoms with E-state index >= 15 is 0 Å². The van der Waals surface area contributed by atoms with Crippen molar-refractivity contribution in [2.24, 2.45) is 0 Å². The monoisotopic (exact) mass is 326 g/mol. The van der Waals surface area contributed by atoms with E-state index in [1.54, 1.807) is 11.8 Å². The quantitative estimate of drug-likeness (QED) is 0.675. The Morgan fingerprint density at radius 2 is 2.05 bits per heavy atom. The molecule has 1 aliphatic rings. The highest BCUT2D eigenvalue weighted by molar-refractivity contribution is 9.10. The average Bonchev–Trinajstić information content (AvgIpc) is 3.20. The molecule has 1 heterocycles. The van der Waals surface area contributed by atoms with Crippen LogP contribution in [0.5, 0.6) is 0 Å². The number of methoxy groups -OCH3 is 1. The minimum Gasteiger partial charge on any atom is -0.468 e. The molecule has 1 unspecified atom stereocenters. The predicted octanol–water partition coefficient (Wildman–Crippen LogP) is 1.63. The molecule has 2 rings (SSSR count). The molecule has 0 radical (unpaired) electrons. The van der Waals surface area contributed by atoms with Crippen LogP contribution < -0.4 is 5.32 Å². The Hall–Kier alpha value is -1.40. The molecular weight excluding hydrogens is 312 g/mol. The van der Waals surface area contributed by atoms with E-state index in [4.69, 9.17) is 0 Å². The Morgan fingerprint density at radius 1 is 1.42 bits per heavy atom. The number of hydrogen-bond acceptors (Lipinski definition) is 4. The average molecular weight is 327 g/mol. The lowest BCUT2D eigenvalue weighted by Gasteiger charge is -2.11. The molecule has 0 aliphatic carbocycles. The Balaban J connectivity index is 1.89. The number of esters is 1. The molecular formula is C13H15BrN2O3. The minimum atomic E-state index is -0.384. The summed E-state index contributed by atoms with van der Waals surface area (Å²) in [5.41, 5.74) is 0.741. The second-order valence-corrected chi connectivity index (χ2v) is 5.32. The van der Waals surface area contributed by atoms with Crippen molar-refractivity contribution in [3.63, 3.8) is 0 Å². The number of anilines is 1. The summed E-state index contributed by atoms with van der Waals surface area (Å²) in [4.78, 5) is 25.1. The van der Waals surface area contributed by atoms with E-state index in [1.165, 1.54) is 7.11 Å². The Bertz CT molecular complexity index is 489. The third-order valence-corrected chi connectivity index (χ3v) is 3.63. The number of nitrogens with zero attached hydrogens (tertiary/aromatic N) is 1. The first-order chi connectivity index (χ1) is 9.02. The van der Waals surface area contributed by atoms with E-state index in [-0.39, 0.29) is 24.0 Å². The first-order valence-electron chi connectivity index (χ1n) is 5.93. The molecule has 0 saturated carbocycles. The number of rotatable bonds is 4. The van der Waals surface area contributed by atoms with Crippen LogP contribution in [0.4, 0.5) is 5.69 Å². The SMILES string of the molecule is COC(=O)[C@@H](C)N1C[C@H]1C(=O)Nc1ccc(Br)cc1. The smallest absolute Gasteiger partial charge is 0.322 e. The van der Waals surface area contributed by atoms with Gasteiger partial charge < -0.3 is 10.1 Å². The van der Waals surface area contributed by atoms with Crippen LogP contribution in [-0.4, -0.2) is 42.5 Å². The van der Waals surface area contributed by atoms with Crippen LogP contribution in [0.3, 0.4) is 0 Å². The summed E-state index contributed by atoms with van der Waals surface area (Å²) >= 11 is 3.33. The lowest BCUT2D eigenvalue weighted by Crippen LogP contribution is -2.31. The second kappa shape index (κ2) is 5.71. The third-order valence-electron chi connectivity index (χ3n) is 3.10. The molecule has 0 aromatic heterocycles. The molecule has 1 aromatic carbocycles. The maximum Gasteiger partial charge on any atom is 0.322 e. The van der Waals surface area contributed by atoms with Gasteiger partial charge >= 0.3 is 5.97 Å². The Kier molecular flexibility index (Phi) is 4.21. The molecule has 5 nitrogen and oxygen atoms in total. The van der Waals surface area contributed by atoms with Crippen molar-refractivity contribution in [1.82, 2.24) is 4.90 Å². The number of ether oxygens (including phenoxy) is 1. The van der Waals surface area contributed by atoms with Gasteiger partial charge in [0, 0.05) is 16.7 Å². The van der Waals surface area contributed by atoms with Crippen molar-refractivity contribution in [3.8, 4) is 0 Å². The summed E-state index contributed by atoms with van der Waals surface area (Å²) in [5.74, 6) is -0.419. The van der Waals surface area contributed by atoms with E-state index in [9.17, 15) is 9.59 Å². The van der Waals surface area contributed by atoms with Gasteiger partial charge in [-0.2, -0.15) is 0 Å². The molecule has 1 amide bonds. The summed E-state index contributed by atoms with van der Waals surface area (Å²) in [5, 5.41) is 2.82. The maximum absolute atomic E-state index is 12.0. The molecule has 1 aliphatic heterocycles. The number of hydrogen-bond donors (Lipinski definition) is 1. The van der Waals surface area contributed by atoms with Crippen LogP contribution in [0.1, 0.15) is 6.92 Å². The van der Waals surface area contributed by atoms with Crippen molar-refractivity contribution in [1.29, 1.82) is 0 Å². The van der Waals surface area contributed by atoms with Crippen LogP contribution in [0.15, 0.2) is 28.7 Å². The predicted molar refractivity (Wildman–Crippen MR) is 74.7 cm³/mol. The summed E-state index contributed by atoms with van der Waals surface area (Å²) in [6.45, 7) is 2.32. The number of benzene rings is 1. The van der Waals surface area contributed by atoms with E-state index in [0.717, 1.165) is 10.2 Å². The fourth-order valence-electron chi connectivity index (χ4n) is 1.88. The van der Waals surface area contributed by atoms with Gasteiger partial charge in [0.15, 0.2) is 0 Å². The third kappa shape index (κ3) is 3.33. The van der Waals surface area contributed by atoms with Crippen molar-refractivity contribution < 1.29 is 14.3 Å². The normalized spacial score (nSPS) is 22.5. The zero-order valence-corrected chi connectivity index (χ0v) is 12.3. The van der Waals surface area contributed by atoms with E-state index in [2.05, 4.69) is 26.0 Å². The van der Waals surface area contributed by atoms with Gasteiger partial charge in [0.05, 0.1) is 7.11 Å². The van der Waals surface area contributed by atoms with E-state index < -0.39 is 0 Å². The number of nitrogens with one attached hydrogen (secondary N) is 1. The first-order valence-corrected chi connectivity index (χ1v) is 6.72. The first kappa shape index (κ1) is 14.0. The molecule has 19 heavy (non-hydrogen) atoms. The topological polar surface area (TPSA) is 58.4 Å². The summed E-state index contributed by atoms with van der Waals surface area (Å²) < 4.78 is 5.61. The highest BCUT2D eigenvalue weighted by atomic mass is 79.9. The molecule has 1 aromatic rings. The molecule has 6 heteroatoms. The standard InChI is InChI=1S/C13H15BrN2O3/c1-8(13(18)19-2)16-7-11(16)12(17)15-10-5-3-9(14)4-6-10/h3-6,8,11H,7H2,1-2H3,(H,15,17)/t8-,11+,16?/m1/s1. The summed E-state index contributed by atoms with van der Waals surface area (Å²) in [6, 6.07) is 6.72. The highest BCUT2D eigenvalue weighted by Gasteiger charge is 2.46. The van der Waals surface area contributed by atoms with Crippen LogP contribution in [0.2, 0.25) is 0 Å². The highest BCUT2D eigenvalue weighted by Crippen LogP contribution is 2.24. The number of halogens is 1. The van der Waals surface area contributed by atoms with Gasteiger partial charge in [-0.15, -0.1) is 0 Å². The largest absolute Gasteiger partial charge is 0.468 e. The van der Waals surface area contributed by atoms with Crippen LogP contribution in [-0.2, 0) is 14.3 Å². The maximum atomic E-state index is 12.0. The second-order valence-electron chi connectivity index (χ2n) is 4.41. The van der Waals surface area contributed by atoms with Gasteiger partial charge in [-0.3, -0.25) is 14.5 Å². The van der Waals surface area contributed by atoms with Gasteiger partial charge in [-0.25, -0.2) is 0 Å². The van der Waals surface area contributed by atoms with Crippen molar-refractivity contribution in [2.45, 2.75) is 19.0 Å². The fraction of sp³-hybridized carbons (Fsp3) is 0.385. The van der Waals surface area contributed by atoms with Gasteiger partial charge in [-0.05, 0) is 31.2 Å². The molecule has 1 saturated heterocycles. The number of carbonyl (C=O) groups excluding carboxylic acids is 2. The van der Waals surface area contributed by atoms with Gasteiger partial charge in [0.25, 0.3) is 0 Å². The van der Waals surface area contributed by atoms with E-state index in [0.29, 0.717) is 6.54 Å². The lowest BCUT2D eigenvalue weighted by atomic mass is 10.3. The molecule has 3 atom stereocenters. The zero-order chi connectivity index (χ0) is 14.0. The molecule has 102 valence electrons. The zero-order valence-electron chi connectivity index (χ0n) is 10.7. The van der Waals surface area contributed by atoms with Gasteiger partial charge in [0.1, 0.15) is 12.1 Å². The number of carbonyl (C=O) groups is 2. The van der Waals surface area contributed by atoms with Crippen LogP contribution >= 0.6 is 15.9 Å². The van der Waals surface area contributed by atoms with Gasteiger partial charge in [0.2, 0.25) is 5.91 Å². The minimum absolute atomic E-state index is 0.0990. The van der Waals surface area contributed by atoms with Crippen molar-refractivity contribution >= 4 is 33.5 Å². The number of amides is 1. The molecule has 0 spiro atoms. The van der Waals surface area contributed by atoms with Crippen LogP contribution in [0, 0.1) is 0 Å². The molecule has 1 fully saturated rings.